The summed E-state index contributed by atoms with van der Waals surface area (Å²) in [5.41, 5.74) is 9.53. The van der Waals surface area contributed by atoms with E-state index in [0.29, 0.717) is 56.5 Å². The summed E-state index contributed by atoms with van der Waals surface area (Å²) in [5, 5.41) is 7.25. The lowest BCUT2D eigenvalue weighted by atomic mass is 10.0. The molecule has 5 heterocycles. The number of hydrogen-bond acceptors (Lipinski definition) is 9. The van der Waals surface area contributed by atoms with E-state index in [2.05, 4.69) is 15.4 Å². The van der Waals surface area contributed by atoms with Crippen LogP contribution < -0.4 is 16.5 Å². The number of benzene rings is 2. The summed E-state index contributed by atoms with van der Waals surface area (Å²) < 4.78 is 33.4. The summed E-state index contributed by atoms with van der Waals surface area (Å²) >= 11 is 0. The summed E-state index contributed by atoms with van der Waals surface area (Å²) in [4.78, 5) is 46.4. The maximum Gasteiger partial charge on any atom is 0.261 e. The first-order chi connectivity index (χ1) is 24.7. The minimum atomic E-state index is -0.691. The third kappa shape index (κ3) is 7.57. The summed E-state index contributed by atoms with van der Waals surface area (Å²) in [6.07, 6.45) is 8.02. The Balaban J connectivity index is 1.10. The molecule has 14 heteroatoms. The number of aromatic nitrogens is 4. The fourth-order valence-corrected chi connectivity index (χ4v) is 6.02. The lowest BCUT2D eigenvalue weighted by Gasteiger charge is -2.38. The molecule has 2 saturated heterocycles. The van der Waals surface area contributed by atoms with Gasteiger partial charge in [0.25, 0.3) is 11.8 Å². The van der Waals surface area contributed by atoms with Gasteiger partial charge in [0.05, 0.1) is 38.7 Å². The number of hydrogen-bond donors (Lipinski definition) is 2. The van der Waals surface area contributed by atoms with Crippen LogP contribution >= 0.6 is 0 Å². The monoisotopic (exact) mass is 693 g/mol. The Hall–Kier alpha value is -5.70. The number of amides is 2. The number of nitrogen functional groups attached to an aromatic ring is 1. The molecule has 0 unspecified atom stereocenters. The van der Waals surface area contributed by atoms with Crippen LogP contribution in [-0.2, 0) is 27.3 Å². The van der Waals surface area contributed by atoms with Crippen molar-refractivity contribution in [3.8, 4) is 22.3 Å². The highest BCUT2D eigenvalue weighted by Gasteiger charge is 2.33. The second-order valence-corrected chi connectivity index (χ2v) is 12.5. The highest BCUT2D eigenvalue weighted by molar-refractivity contribution is 6.06. The number of rotatable bonds is 10. The van der Waals surface area contributed by atoms with Crippen molar-refractivity contribution in [3.63, 3.8) is 0 Å². The van der Waals surface area contributed by atoms with Crippen LogP contribution in [0.2, 0.25) is 0 Å². The molecule has 0 radical (unpaired) electrons. The average molecular weight is 694 g/mol. The molecule has 2 fully saturated rings. The first-order valence-electron chi connectivity index (χ1n) is 16.4. The number of nitrogens with one attached hydrogen (secondary N) is 1. The van der Waals surface area contributed by atoms with Gasteiger partial charge >= 0.3 is 0 Å². The molecule has 2 amide bonds. The first kappa shape index (κ1) is 33.8. The Kier molecular flexibility index (Phi) is 9.70. The fourth-order valence-electron chi connectivity index (χ4n) is 6.02. The van der Waals surface area contributed by atoms with Gasteiger partial charge < -0.3 is 34.7 Å². The zero-order valence-corrected chi connectivity index (χ0v) is 27.8. The molecule has 3 N–H and O–H groups in total. The quantitative estimate of drug-likeness (QED) is 0.223. The Labute approximate surface area is 292 Å². The van der Waals surface area contributed by atoms with Gasteiger partial charge in [0.2, 0.25) is 5.43 Å². The number of pyridine rings is 2. The van der Waals surface area contributed by atoms with Crippen LogP contribution in [0.1, 0.15) is 26.3 Å². The molecular formula is C37H36FN7O6. The van der Waals surface area contributed by atoms with Crippen LogP contribution in [0.25, 0.3) is 22.3 Å². The zero-order valence-electron chi connectivity index (χ0n) is 27.8. The average Bonchev–Trinajstić information content (AvgIpc) is 3.58. The number of anilines is 2. The first-order valence-corrected chi connectivity index (χ1v) is 16.4. The number of carbonyl (C=O) groups excluding carboxylic acids is 2. The smallest absolute Gasteiger partial charge is 0.261 e. The molecule has 0 spiro atoms. The van der Waals surface area contributed by atoms with Crippen LogP contribution in [0.15, 0.2) is 90.4 Å². The highest BCUT2D eigenvalue weighted by atomic mass is 19.1. The molecule has 3 aromatic heterocycles. The van der Waals surface area contributed by atoms with Gasteiger partial charge in [0, 0.05) is 73.9 Å². The Morgan fingerprint density at radius 1 is 0.980 bits per heavy atom. The van der Waals surface area contributed by atoms with Gasteiger partial charge in [0.15, 0.2) is 0 Å². The van der Waals surface area contributed by atoms with E-state index < -0.39 is 17.2 Å². The number of likely N-dealkylation sites (tertiary alicyclic amines) is 1. The molecule has 13 nitrogen and oxygen atoms in total. The zero-order chi connectivity index (χ0) is 35.5. The van der Waals surface area contributed by atoms with Gasteiger partial charge in [0.1, 0.15) is 28.9 Å². The molecule has 5 aromatic rings. The van der Waals surface area contributed by atoms with Gasteiger partial charge in [-0.25, -0.2) is 9.37 Å². The molecule has 0 saturated carbocycles. The number of halogens is 1. The Morgan fingerprint density at radius 2 is 1.75 bits per heavy atom. The van der Waals surface area contributed by atoms with E-state index in [0.717, 1.165) is 22.3 Å². The second kappa shape index (κ2) is 14.6. The Morgan fingerprint density at radius 3 is 2.47 bits per heavy atom. The van der Waals surface area contributed by atoms with Gasteiger partial charge in [-0.2, -0.15) is 5.10 Å². The minimum absolute atomic E-state index is 0.0611. The standard InChI is InChI=1S/C37H36FN7O6/c1-49-29-17-44(18-29)37(48)33-21-43(15-23-2-6-27(38)7-3-23)20-32(34(33)46)36(47)42-28-8-4-24(5-9-28)31-12-25(13-40-35(31)39)26-14-41-45(16-26)19-30-22-50-10-11-51-30/h2-9,12-14,16,20-21,29-30H,10-11,15,17-19,22H2,1H3,(H2,39,40)(H,42,47)/t30-/m0/s1. The van der Waals surface area contributed by atoms with Crippen molar-refractivity contribution in [1.29, 1.82) is 0 Å². The molecule has 2 aliphatic rings. The van der Waals surface area contributed by atoms with Crippen LogP contribution in [0.4, 0.5) is 15.9 Å². The summed E-state index contributed by atoms with van der Waals surface area (Å²) in [7, 11) is 1.56. The van der Waals surface area contributed by atoms with Crippen LogP contribution in [0.5, 0.6) is 0 Å². The topological polar surface area (TPSA) is 156 Å². The number of nitrogens with zero attached hydrogens (tertiary/aromatic N) is 5. The third-order valence-corrected chi connectivity index (χ3v) is 8.92. The minimum Gasteiger partial charge on any atom is -0.383 e. The van der Waals surface area contributed by atoms with Crippen LogP contribution in [-0.4, -0.2) is 88.3 Å². The summed E-state index contributed by atoms with van der Waals surface area (Å²) in [6.45, 7) is 3.14. The summed E-state index contributed by atoms with van der Waals surface area (Å²) in [5.74, 6) is -1.23. The van der Waals surface area contributed by atoms with Crippen LogP contribution in [0.3, 0.4) is 0 Å². The van der Waals surface area contributed by atoms with Gasteiger partial charge in [-0.1, -0.05) is 24.3 Å². The van der Waals surface area contributed by atoms with Crippen LogP contribution in [0, 0.1) is 5.82 Å². The van der Waals surface area contributed by atoms with E-state index in [1.807, 2.05) is 16.9 Å². The van der Waals surface area contributed by atoms with Crippen molar-refractivity contribution in [1.82, 2.24) is 24.2 Å². The van der Waals surface area contributed by atoms with E-state index in [1.54, 1.807) is 60.5 Å². The van der Waals surface area contributed by atoms with E-state index in [9.17, 15) is 18.8 Å². The van der Waals surface area contributed by atoms with Crippen molar-refractivity contribution in [2.24, 2.45) is 0 Å². The Bertz CT molecular complexity index is 2100. The molecule has 7 rings (SSSR count). The molecule has 0 bridgehead atoms. The van der Waals surface area contributed by atoms with Crippen molar-refractivity contribution in [3.05, 3.63) is 118 Å². The third-order valence-electron chi connectivity index (χ3n) is 8.92. The number of ether oxygens (including phenoxy) is 3. The summed E-state index contributed by atoms with van der Waals surface area (Å²) in [6, 6.07) is 14.7. The number of carbonyl (C=O) groups is 2. The van der Waals surface area contributed by atoms with Crippen molar-refractivity contribution in [2.45, 2.75) is 25.3 Å². The van der Waals surface area contributed by atoms with E-state index in [1.165, 1.54) is 29.4 Å². The molecule has 1 atom stereocenters. The number of nitrogens with two attached hydrogens (primary N) is 1. The molecule has 2 aromatic carbocycles. The molecular weight excluding hydrogens is 657 g/mol. The predicted molar refractivity (Wildman–Crippen MR) is 187 cm³/mol. The van der Waals surface area contributed by atoms with Crippen molar-refractivity contribution in [2.75, 3.05) is 51.1 Å². The van der Waals surface area contributed by atoms with E-state index >= 15 is 0 Å². The van der Waals surface area contributed by atoms with E-state index in [4.69, 9.17) is 19.9 Å². The fraction of sp³-hybridized carbons (Fsp3) is 0.270. The normalized spacial score (nSPS) is 16.1. The molecule has 0 aliphatic carbocycles. The molecule has 262 valence electrons. The lowest BCUT2D eigenvalue weighted by molar-refractivity contribution is -0.0946. The van der Waals surface area contributed by atoms with Gasteiger partial charge in [-0.3, -0.25) is 19.1 Å². The molecule has 2 aliphatic heterocycles. The highest BCUT2D eigenvalue weighted by Crippen LogP contribution is 2.30. The van der Waals surface area contributed by atoms with Gasteiger partial charge in [-0.05, 0) is 41.5 Å². The van der Waals surface area contributed by atoms with Crippen molar-refractivity contribution < 1.29 is 28.2 Å². The lowest BCUT2D eigenvalue weighted by Crippen LogP contribution is -2.55. The SMILES string of the molecule is COC1CN(C(=O)c2cn(Cc3ccc(F)cc3)cc(C(=O)Nc3ccc(-c4cc(-c5cnn(C[C@H]6COCCO6)c5)cnc4N)cc3)c2=O)C1. The predicted octanol–water partition coefficient (Wildman–Crippen LogP) is 3.68. The number of methoxy groups -OCH3 is 1. The second-order valence-electron chi connectivity index (χ2n) is 12.5. The molecule has 51 heavy (non-hydrogen) atoms. The largest absolute Gasteiger partial charge is 0.383 e. The van der Waals surface area contributed by atoms with E-state index in [-0.39, 0.29) is 35.7 Å². The maximum absolute atomic E-state index is 13.6. The van der Waals surface area contributed by atoms with Gasteiger partial charge in [-0.15, -0.1) is 0 Å². The van der Waals surface area contributed by atoms with Crippen molar-refractivity contribution >= 4 is 23.3 Å². The maximum atomic E-state index is 13.6.